The van der Waals surface area contributed by atoms with Gasteiger partial charge in [0, 0.05) is 11.7 Å². The zero-order valence-corrected chi connectivity index (χ0v) is 13.9. The first-order valence-electron chi connectivity index (χ1n) is 7.88. The lowest BCUT2D eigenvalue weighted by Gasteiger charge is -2.18. The van der Waals surface area contributed by atoms with Gasteiger partial charge >= 0.3 is 0 Å². The Morgan fingerprint density at radius 2 is 1.57 bits per heavy atom. The van der Waals surface area contributed by atoms with Crippen LogP contribution in [-0.2, 0) is 6.42 Å². The molecule has 0 heterocycles. The molecule has 2 aromatic carbocycles. The molecule has 0 fully saturated rings. The predicted octanol–water partition coefficient (Wildman–Crippen LogP) is 5.68. The minimum Gasteiger partial charge on any atom is -0.378 e. The van der Waals surface area contributed by atoms with Crippen LogP contribution in [0.25, 0.3) is 0 Å². The third-order valence-corrected chi connectivity index (χ3v) is 3.89. The molecule has 1 unspecified atom stereocenters. The number of benzene rings is 2. The van der Waals surface area contributed by atoms with Crippen molar-refractivity contribution in [2.24, 2.45) is 5.92 Å². The van der Waals surface area contributed by atoms with E-state index in [-0.39, 0.29) is 0 Å². The summed E-state index contributed by atoms with van der Waals surface area (Å²) in [6.45, 7) is 11.0. The molecule has 1 nitrogen and oxygen atoms in total. The Bertz CT molecular complexity index is 581. The van der Waals surface area contributed by atoms with Crippen molar-refractivity contribution in [3.05, 3.63) is 64.7 Å². The normalized spacial score (nSPS) is 12.5. The molecule has 1 atom stereocenters. The Balaban J connectivity index is 2.09. The second-order valence-electron chi connectivity index (χ2n) is 6.52. The predicted molar refractivity (Wildman–Crippen MR) is 92.9 cm³/mol. The molecule has 2 aromatic rings. The molecular formula is C20H27N. The van der Waals surface area contributed by atoms with Gasteiger partial charge in [0.25, 0.3) is 0 Å². The highest BCUT2D eigenvalue weighted by Crippen LogP contribution is 2.23. The standard InChI is InChI=1S/C20H27N/c1-14(2)12-18-8-10-19(11-9-18)17(5)21-20-13-15(3)6-7-16(20)4/h6-11,13-14,17,21H,12H2,1-5H3. The molecule has 112 valence electrons. The quantitative estimate of drug-likeness (QED) is 0.744. The van der Waals surface area contributed by atoms with Gasteiger partial charge in [-0.1, -0.05) is 50.2 Å². The molecule has 0 saturated carbocycles. The molecule has 0 radical (unpaired) electrons. The van der Waals surface area contributed by atoms with Crippen LogP contribution in [0, 0.1) is 19.8 Å². The highest BCUT2D eigenvalue weighted by atomic mass is 14.9. The number of aryl methyl sites for hydroxylation is 2. The molecule has 0 spiro atoms. The Labute approximate surface area is 129 Å². The van der Waals surface area contributed by atoms with Gasteiger partial charge in [0.2, 0.25) is 0 Å². The summed E-state index contributed by atoms with van der Waals surface area (Å²) in [7, 11) is 0. The van der Waals surface area contributed by atoms with Gasteiger partial charge < -0.3 is 5.32 Å². The lowest BCUT2D eigenvalue weighted by molar-refractivity contribution is 0.647. The van der Waals surface area contributed by atoms with Crippen molar-refractivity contribution < 1.29 is 0 Å². The van der Waals surface area contributed by atoms with Gasteiger partial charge in [0.1, 0.15) is 0 Å². The number of hydrogen-bond acceptors (Lipinski definition) is 1. The van der Waals surface area contributed by atoms with Crippen molar-refractivity contribution in [1.29, 1.82) is 0 Å². The summed E-state index contributed by atoms with van der Waals surface area (Å²) in [6.07, 6.45) is 1.15. The zero-order chi connectivity index (χ0) is 15.4. The fourth-order valence-electron chi connectivity index (χ4n) is 2.62. The third kappa shape index (κ3) is 4.35. The monoisotopic (exact) mass is 281 g/mol. The molecule has 21 heavy (non-hydrogen) atoms. The van der Waals surface area contributed by atoms with Gasteiger partial charge in [-0.2, -0.15) is 0 Å². The van der Waals surface area contributed by atoms with Crippen LogP contribution >= 0.6 is 0 Å². The average molecular weight is 281 g/mol. The third-order valence-electron chi connectivity index (χ3n) is 3.89. The van der Waals surface area contributed by atoms with E-state index in [1.54, 1.807) is 0 Å². The van der Waals surface area contributed by atoms with Crippen LogP contribution in [-0.4, -0.2) is 0 Å². The first-order valence-corrected chi connectivity index (χ1v) is 7.88. The maximum Gasteiger partial charge on any atom is 0.0485 e. The number of rotatable bonds is 5. The molecule has 2 rings (SSSR count). The van der Waals surface area contributed by atoms with E-state index in [9.17, 15) is 0 Å². The van der Waals surface area contributed by atoms with Gasteiger partial charge in [-0.05, 0) is 61.4 Å². The van der Waals surface area contributed by atoms with Crippen molar-refractivity contribution in [2.45, 2.75) is 47.1 Å². The lowest BCUT2D eigenvalue weighted by Crippen LogP contribution is -2.08. The number of nitrogens with one attached hydrogen (secondary N) is 1. The van der Waals surface area contributed by atoms with Crippen molar-refractivity contribution in [1.82, 2.24) is 0 Å². The molecule has 0 aliphatic rings. The maximum atomic E-state index is 3.63. The van der Waals surface area contributed by atoms with E-state index in [4.69, 9.17) is 0 Å². The van der Waals surface area contributed by atoms with Crippen LogP contribution < -0.4 is 5.32 Å². The van der Waals surface area contributed by atoms with Gasteiger partial charge in [0.15, 0.2) is 0 Å². The first-order chi connectivity index (χ1) is 9.95. The summed E-state index contributed by atoms with van der Waals surface area (Å²) in [4.78, 5) is 0. The van der Waals surface area contributed by atoms with E-state index in [0.29, 0.717) is 12.0 Å². The van der Waals surface area contributed by atoms with Crippen LogP contribution in [0.2, 0.25) is 0 Å². The average Bonchev–Trinajstić information content (AvgIpc) is 2.43. The van der Waals surface area contributed by atoms with Crippen molar-refractivity contribution in [2.75, 3.05) is 5.32 Å². The Morgan fingerprint density at radius 3 is 2.19 bits per heavy atom. The maximum absolute atomic E-state index is 3.63. The fourth-order valence-corrected chi connectivity index (χ4v) is 2.62. The molecule has 0 bridgehead atoms. The van der Waals surface area contributed by atoms with Crippen molar-refractivity contribution in [3.63, 3.8) is 0 Å². The SMILES string of the molecule is Cc1ccc(C)c(NC(C)c2ccc(CC(C)C)cc2)c1. The molecule has 1 heteroatoms. The van der Waals surface area contributed by atoms with E-state index in [2.05, 4.69) is 82.4 Å². The van der Waals surface area contributed by atoms with Crippen molar-refractivity contribution in [3.8, 4) is 0 Å². The Hall–Kier alpha value is -1.76. The van der Waals surface area contributed by atoms with Crippen molar-refractivity contribution >= 4 is 5.69 Å². The summed E-state index contributed by atoms with van der Waals surface area (Å²) in [5.74, 6) is 0.710. The number of anilines is 1. The van der Waals surface area contributed by atoms with Crippen LogP contribution in [0.15, 0.2) is 42.5 Å². The number of hydrogen-bond donors (Lipinski definition) is 1. The minimum atomic E-state index is 0.318. The summed E-state index contributed by atoms with van der Waals surface area (Å²) in [5, 5.41) is 3.63. The summed E-state index contributed by atoms with van der Waals surface area (Å²) in [6, 6.07) is 15.9. The summed E-state index contributed by atoms with van der Waals surface area (Å²) in [5.41, 5.74) is 6.58. The smallest absolute Gasteiger partial charge is 0.0485 e. The van der Waals surface area contributed by atoms with Gasteiger partial charge in [-0.3, -0.25) is 0 Å². The Kier molecular flexibility index (Phi) is 5.06. The summed E-state index contributed by atoms with van der Waals surface area (Å²) >= 11 is 0. The van der Waals surface area contributed by atoms with Crippen LogP contribution in [0.5, 0.6) is 0 Å². The topological polar surface area (TPSA) is 12.0 Å². The second kappa shape index (κ2) is 6.80. The van der Waals surface area contributed by atoms with E-state index in [1.165, 1.54) is 27.9 Å². The molecule has 0 aliphatic carbocycles. The molecule has 0 aliphatic heterocycles. The summed E-state index contributed by atoms with van der Waals surface area (Å²) < 4.78 is 0. The van der Waals surface area contributed by atoms with Gasteiger partial charge in [-0.25, -0.2) is 0 Å². The van der Waals surface area contributed by atoms with Crippen LogP contribution in [0.3, 0.4) is 0 Å². The van der Waals surface area contributed by atoms with Crippen LogP contribution in [0.1, 0.15) is 49.1 Å². The largest absolute Gasteiger partial charge is 0.378 e. The van der Waals surface area contributed by atoms with E-state index < -0.39 is 0 Å². The fraction of sp³-hybridized carbons (Fsp3) is 0.400. The van der Waals surface area contributed by atoms with E-state index in [0.717, 1.165) is 6.42 Å². The molecule has 0 saturated heterocycles. The molecule has 0 aromatic heterocycles. The second-order valence-corrected chi connectivity index (χ2v) is 6.52. The van der Waals surface area contributed by atoms with Gasteiger partial charge in [-0.15, -0.1) is 0 Å². The molecule has 1 N–H and O–H groups in total. The van der Waals surface area contributed by atoms with Gasteiger partial charge in [0.05, 0.1) is 0 Å². The highest BCUT2D eigenvalue weighted by molar-refractivity contribution is 5.53. The van der Waals surface area contributed by atoms with E-state index in [1.807, 2.05) is 0 Å². The zero-order valence-electron chi connectivity index (χ0n) is 13.9. The first kappa shape index (κ1) is 15.6. The lowest BCUT2D eigenvalue weighted by atomic mass is 9.99. The van der Waals surface area contributed by atoms with E-state index >= 15 is 0 Å². The Morgan fingerprint density at radius 1 is 0.905 bits per heavy atom. The molecule has 0 amide bonds. The van der Waals surface area contributed by atoms with Crippen LogP contribution in [0.4, 0.5) is 5.69 Å². The molecular weight excluding hydrogens is 254 g/mol. The highest BCUT2D eigenvalue weighted by Gasteiger charge is 2.07. The minimum absolute atomic E-state index is 0.318.